The Morgan fingerprint density at radius 2 is 2.00 bits per heavy atom. The van der Waals surface area contributed by atoms with Gasteiger partial charge in [0.15, 0.2) is 0 Å². The molecule has 7 nitrogen and oxygen atoms in total. The van der Waals surface area contributed by atoms with Crippen molar-refractivity contribution >= 4 is 17.6 Å². The van der Waals surface area contributed by atoms with E-state index in [-0.39, 0.29) is 18.0 Å². The van der Waals surface area contributed by atoms with Crippen molar-refractivity contribution in [2.45, 2.75) is 52.2 Å². The Morgan fingerprint density at radius 3 is 2.66 bits per heavy atom. The first-order chi connectivity index (χ1) is 15.5. The van der Waals surface area contributed by atoms with E-state index in [0.29, 0.717) is 30.3 Å². The van der Waals surface area contributed by atoms with Crippen molar-refractivity contribution in [2.24, 2.45) is 5.92 Å². The number of benzene rings is 1. The van der Waals surface area contributed by atoms with Gasteiger partial charge >= 0.3 is 6.03 Å². The number of anilines is 1. The third-order valence-electron chi connectivity index (χ3n) is 6.45. The summed E-state index contributed by atoms with van der Waals surface area (Å²) in [4.78, 5) is 29.7. The fourth-order valence-corrected chi connectivity index (χ4v) is 4.37. The van der Waals surface area contributed by atoms with Crippen LogP contribution < -0.4 is 5.32 Å². The quantitative estimate of drug-likeness (QED) is 0.710. The molecule has 1 N–H and O–H groups in total. The second-order valence-corrected chi connectivity index (χ2v) is 9.03. The summed E-state index contributed by atoms with van der Waals surface area (Å²) >= 11 is 0. The highest BCUT2D eigenvalue weighted by Crippen LogP contribution is 2.22. The second kappa shape index (κ2) is 10.2. The largest absolute Gasteiger partial charge is 0.467 e. The van der Waals surface area contributed by atoms with Crippen LogP contribution in [0.5, 0.6) is 0 Å². The number of aryl methyl sites for hydroxylation is 1. The van der Waals surface area contributed by atoms with Gasteiger partial charge in [-0.3, -0.25) is 4.79 Å². The van der Waals surface area contributed by atoms with Gasteiger partial charge in [-0.05, 0) is 74.4 Å². The molecule has 0 saturated carbocycles. The van der Waals surface area contributed by atoms with E-state index in [1.54, 1.807) is 17.2 Å². The number of ether oxygens (including phenoxy) is 1. The predicted octanol–water partition coefficient (Wildman–Crippen LogP) is 4.67. The van der Waals surface area contributed by atoms with E-state index in [9.17, 15) is 9.59 Å². The number of urea groups is 1. The average Bonchev–Trinajstić information content (AvgIpc) is 3.49. The van der Waals surface area contributed by atoms with Crippen molar-refractivity contribution in [1.82, 2.24) is 9.80 Å². The molecule has 3 amide bonds. The number of hydrogen-bond donors (Lipinski definition) is 1. The number of likely N-dealkylation sites (tertiary alicyclic amines) is 1. The molecule has 2 saturated heterocycles. The van der Waals surface area contributed by atoms with Gasteiger partial charge in [-0.25, -0.2) is 4.79 Å². The van der Waals surface area contributed by atoms with Crippen molar-refractivity contribution in [3.8, 4) is 0 Å². The Bertz CT molecular complexity index is 913. The summed E-state index contributed by atoms with van der Waals surface area (Å²) in [6.07, 6.45) is 5.73. The number of furan rings is 1. The second-order valence-electron chi connectivity index (χ2n) is 9.03. The van der Waals surface area contributed by atoms with Crippen molar-refractivity contribution in [1.29, 1.82) is 0 Å². The SMILES string of the molecule is Cc1cc(C(=O)N2CCC(C)CC2)ccc1NC(=O)N(Cc1ccco1)CC1CCCO1. The number of amides is 3. The summed E-state index contributed by atoms with van der Waals surface area (Å²) in [7, 11) is 0. The monoisotopic (exact) mass is 439 g/mol. The molecule has 1 aromatic heterocycles. The molecule has 1 atom stereocenters. The number of rotatable bonds is 6. The van der Waals surface area contributed by atoms with Gasteiger partial charge in [0.1, 0.15) is 5.76 Å². The number of piperidine rings is 1. The van der Waals surface area contributed by atoms with Gasteiger partial charge in [-0.15, -0.1) is 0 Å². The van der Waals surface area contributed by atoms with Crippen LogP contribution in [0.1, 0.15) is 54.3 Å². The van der Waals surface area contributed by atoms with Crippen LogP contribution in [0.15, 0.2) is 41.0 Å². The zero-order valence-corrected chi connectivity index (χ0v) is 19.0. The third kappa shape index (κ3) is 5.51. The molecular formula is C25H33N3O4. The topological polar surface area (TPSA) is 75.0 Å². The number of hydrogen-bond acceptors (Lipinski definition) is 4. The summed E-state index contributed by atoms with van der Waals surface area (Å²) in [6, 6.07) is 8.98. The van der Waals surface area contributed by atoms with Gasteiger partial charge < -0.3 is 24.3 Å². The Labute approximate surface area is 189 Å². The molecule has 0 spiro atoms. The van der Waals surface area contributed by atoms with E-state index in [2.05, 4.69) is 12.2 Å². The molecule has 1 aromatic carbocycles. The highest BCUT2D eigenvalue weighted by molar-refractivity contribution is 5.96. The van der Waals surface area contributed by atoms with Gasteiger partial charge in [0.2, 0.25) is 0 Å². The number of nitrogens with one attached hydrogen (secondary N) is 1. The third-order valence-corrected chi connectivity index (χ3v) is 6.45. The molecule has 172 valence electrons. The molecule has 7 heteroatoms. The highest BCUT2D eigenvalue weighted by Gasteiger charge is 2.25. The van der Waals surface area contributed by atoms with Crippen LogP contribution in [0.3, 0.4) is 0 Å². The van der Waals surface area contributed by atoms with Gasteiger partial charge in [0, 0.05) is 37.5 Å². The number of carbonyl (C=O) groups excluding carboxylic acids is 2. The predicted molar refractivity (Wildman–Crippen MR) is 123 cm³/mol. The van der Waals surface area contributed by atoms with E-state index in [4.69, 9.17) is 9.15 Å². The van der Waals surface area contributed by atoms with Gasteiger partial charge in [0.25, 0.3) is 5.91 Å². The van der Waals surface area contributed by atoms with Crippen molar-refractivity contribution < 1.29 is 18.7 Å². The highest BCUT2D eigenvalue weighted by atomic mass is 16.5. The Hall–Kier alpha value is -2.80. The zero-order chi connectivity index (χ0) is 22.5. The minimum atomic E-state index is -0.205. The first-order valence-electron chi connectivity index (χ1n) is 11.6. The maximum absolute atomic E-state index is 13.1. The smallest absolute Gasteiger partial charge is 0.322 e. The van der Waals surface area contributed by atoms with Crippen LogP contribution in [0, 0.1) is 12.8 Å². The lowest BCUT2D eigenvalue weighted by atomic mass is 9.98. The summed E-state index contributed by atoms with van der Waals surface area (Å²) < 4.78 is 11.2. The molecule has 32 heavy (non-hydrogen) atoms. The van der Waals surface area contributed by atoms with Crippen molar-refractivity contribution in [2.75, 3.05) is 31.6 Å². The molecular weight excluding hydrogens is 406 g/mol. The number of nitrogens with zero attached hydrogens (tertiary/aromatic N) is 2. The molecule has 0 radical (unpaired) electrons. The van der Waals surface area contributed by atoms with E-state index in [1.165, 1.54) is 0 Å². The fraction of sp³-hybridized carbons (Fsp3) is 0.520. The van der Waals surface area contributed by atoms with Crippen LogP contribution in [0.4, 0.5) is 10.5 Å². The molecule has 0 aliphatic carbocycles. The van der Waals surface area contributed by atoms with Crippen LogP contribution in [0.2, 0.25) is 0 Å². The first-order valence-corrected chi connectivity index (χ1v) is 11.6. The standard InChI is InChI=1S/C25H33N3O4/c1-18-9-11-27(12-10-18)24(29)20-7-8-23(19(2)15-20)26-25(30)28(16-21-5-3-13-31-21)17-22-6-4-14-32-22/h3,5,7-8,13,15,18,22H,4,6,9-12,14,16-17H2,1-2H3,(H,26,30). The molecule has 3 heterocycles. The van der Waals surface area contributed by atoms with E-state index in [0.717, 1.165) is 56.7 Å². The molecule has 0 bridgehead atoms. The lowest BCUT2D eigenvalue weighted by Gasteiger charge is -2.30. The Kier molecular flexibility index (Phi) is 7.15. The lowest BCUT2D eigenvalue weighted by molar-refractivity contribution is 0.0697. The molecule has 2 aliphatic heterocycles. The van der Waals surface area contributed by atoms with Crippen molar-refractivity contribution in [3.05, 3.63) is 53.5 Å². The summed E-state index contributed by atoms with van der Waals surface area (Å²) in [5.74, 6) is 1.47. The van der Waals surface area contributed by atoms with E-state index >= 15 is 0 Å². The normalized spacial score (nSPS) is 19.2. The summed E-state index contributed by atoms with van der Waals surface area (Å²) in [5.41, 5.74) is 2.24. The van der Waals surface area contributed by atoms with Crippen LogP contribution >= 0.6 is 0 Å². The Morgan fingerprint density at radius 1 is 1.19 bits per heavy atom. The molecule has 2 fully saturated rings. The van der Waals surface area contributed by atoms with Crippen LogP contribution in [-0.4, -0.2) is 54.1 Å². The van der Waals surface area contributed by atoms with Crippen LogP contribution in [-0.2, 0) is 11.3 Å². The van der Waals surface area contributed by atoms with Crippen LogP contribution in [0.25, 0.3) is 0 Å². The minimum absolute atomic E-state index is 0.0454. The molecule has 2 aliphatic rings. The lowest BCUT2D eigenvalue weighted by Crippen LogP contribution is -2.39. The fourth-order valence-electron chi connectivity index (χ4n) is 4.37. The van der Waals surface area contributed by atoms with E-state index < -0.39 is 0 Å². The first kappa shape index (κ1) is 22.4. The maximum Gasteiger partial charge on any atom is 0.322 e. The molecule has 4 rings (SSSR count). The zero-order valence-electron chi connectivity index (χ0n) is 19.0. The number of carbonyl (C=O) groups is 2. The van der Waals surface area contributed by atoms with E-state index in [1.807, 2.05) is 36.1 Å². The van der Waals surface area contributed by atoms with Gasteiger partial charge in [-0.1, -0.05) is 6.92 Å². The van der Waals surface area contributed by atoms with Gasteiger partial charge in [0.05, 0.1) is 18.9 Å². The summed E-state index contributed by atoms with van der Waals surface area (Å²) in [6.45, 7) is 7.40. The average molecular weight is 440 g/mol. The summed E-state index contributed by atoms with van der Waals surface area (Å²) in [5, 5.41) is 3.01. The Balaban J connectivity index is 1.42. The van der Waals surface area contributed by atoms with Gasteiger partial charge in [-0.2, -0.15) is 0 Å². The maximum atomic E-state index is 13.1. The van der Waals surface area contributed by atoms with Crippen molar-refractivity contribution in [3.63, 3.8) is 0 Å². The molecule has 1 unspecified atom stereocenters. The molecule has 2 aromatic rings. The minimum Gasteiger partial charge on any atom is -0.467 e.